The van der Waals surface area contributed by atoms with Crippen molar-refractivity contribution in [2.45, 2.75) is 57.6 Å². The Morgan fingerprint density at radius 1 is 1.18 bits per heavy atom. The summed E-state index contributed by atoms with van der Waals surface area (Å²) in [6.45, 7) is 3.67. The predicted octanol–water partition coefficient (Wildman–Crippen LogP) is 3.65. The minimum absolute atomic E-state index is 0.00768. The van der Waals surface area contributed by atoms with Gasteiger partial charge in [-0.15, -0.1) is 0 Å². The summed E-state index contributed by atoms with van der Waals surface area (Å²) in [6, 6.07) is 11.4. The van der Waals surface area contributed by atoms with Gasteiger partial charge in [-0.25, -0.2) is 18.8 Å². The first-order valence-corrected chi connectivity index (χ1v) is 14.7. The number of hydrogen-bond acceptors (Lipinski definition) is 8. The number of carbonyl (C=O) groups is 2. The Morgan fingerprint density at radius 2 is 1.93 bits per heavy atom. The first-order valence-electron chi connectivity index (χ1n) is 14.7. The van der Waals surface area contributed by atoms with Gasteiger partial charge in [-0.1, -0.05) is 41.6 Å². The van der Waals surface area contributed by atoms with Crippen molar-refractivity contribution in [3.63, 3.8) is 0 Å². The maximum absolute atomic E-state index is 14.3. The molecule has 2 bridgehead atoms. The predicted molar refractivity (Wildman–Crippen MR) is 160 cm³/mol. The maximum atomic E-state index is 14.3. The van der Waals surface area contributed by atoms with Crippen LogP contribution < -0.4 is 15.5 Å². The van der Waals surface area contributed by atoms with E-state index in [2.05, 4.69) is 10.5 Å². The Morgan fingerprint density at radius 3 is 2.64 bits per heavy atom. The number of aromatic nitrogens is 1. The highest BCUT2D eigenvalue weighted by Crippen LogP contribution is 2.46. The topological polar surface area (TPSA) is 109 Å². The number of benzene rings is 2. The van der Waals surface area contributed by atoms with Crippen molar-refractivity contribution in [1.82, 2.24) is 24.8 Å². The van der Waals surface area contributed by atoms with Crippen molar-refractivity contribution in [3.8, 4) is 5.75 Å². The summed E-state index contributed by atoms with van der Waals surface area (Å²) < 4.78 is 35.5. The molecule has 0 aliphatic carbocycles. The highest BCUT2D eigenvalue weighted by Gasteiger charge is 2.58. The molecule has 3 aliphatic rings. The van der Waals surface area contributed by atoms with Crippen LogP contribution in [-0.4, -0.2) is 69.5 Å². The summed E-state index contributed by atoms with van der Waals surface area (Å²) in [5.41, 5.74) is -1.36. The van der Waals surface area contributed by atoms with Gasteiger partial charge < -0.3 is 24.4 Å². The Kier molecular flexibility index (Phi) is 7.81. The average Bonchev–Trinajstić information content (AvgIpc) is 3.29. The van der Waals surface area contributed by atoms with Crippen LogP contribution in [0.2, 0.25) is 0 Å². The van der Waals surface area contributed by atoms with E-state index in [0.29, 0.717) is 18.7 Å². The third-order valence-electron chi connectivity index (χ3n) is 8.66. The van der Waals surface area contributed by atoms with Crippen LogP contribution in [0.25, 0.3) is 0 Å². The largest absolute Gasteiger partial charge is 0.483 e. The zero-order valence-electron chi connectivity index (χ0n) is 25.4. The highest BCUT2D eigenvalue weighted by molar-refractivity contribution is 5.99. The van der Waals surface area contributed by atoms with Gasteiger partial charge in [-0.3, -0.25) is 14.4 Å². The second kappa shape index (κ2) is 11.6. The molecule has 2 aromatic carbocycles. The van der Waals surface area contributed by atoms with Gasteiger partial charge in [-0.05, 0) is 31.9 Å². The lowest BCUT2D eigenvalue weighted by atomic mass is 9.95. The number of ether oxygens (including phenoxy) is 1. The number of nitrogens with zero attached hydrogens (tertiary/aromatic N) is 5. The molecule has 45 heavy (non-hydrogen) atoms. The van der Waals surface area contributed by atoms with E-state index in [9.17, 15) is 23.2 Å². The molecule has 1 spiro atoms. The number of pyridine rings is 1. The Balaban J connectivity index is 1.49. The molecule has 3 aromatic rings. The molecule has 1 unspecified atom stereocenters. The maximum Gasteiger partial charge on any atom is 0.274 e. The number of amidine groups is 1. The zero-order chi connectivity index (χ0) is 32.0. The number of oxime groups is 1. The smallest absolute Gasteiger partial charge is 0.274 e. The molecule has 0 radical (unpaired) electrons. The summed E-state index contributed by atoms with van der Waals surface area (Å²) in [5, 5.41) is 10.7. The Labute approximate surface area is 258 Å². The van der Waals surface area contributed by atoms with E-state index in [0.717, 1.165) is 17.7 Å². The molecular weight excluding hydrogens is 586 g/mol. The third kappa shape index (κ3) is 5.20. The van der Waals surface area contributed by atoms with Crippen LogP contribution in [0.1, 0.15) is 64.7 Å². The fourth-order valence-electron chi connectivity index (χ4n) is 6.47. The lowest BCUT2D eigenvalue weighted by Gasteiger charge is -2.47. The molecule has 1 saturated heterocycles. The van der Waals surface area contributed by atoms with Gasteiger partial charge in [-0.2, -0.15) is 0 Å². The van der Waals surface area contributed by atoms with Crippen molar-refractivity contribution < 1.29 is 27.9 Å². The zero-order valence-corrected chi connectivity index (χ0v) is 25.4. The van der Waals surface area contributed by atoms with E-state index in [4.69, 9.17) is 9.57 Å². The van der Waals surface area contributed by atoms with Crippen LogP contribution in [0.4, 0.5) is 8.78 Å². The number of hydrogen-bond donors (Lipinski definition) is 1. The van der Waals surface area contributed by atoms with Gasteiger partial charge in [0.15, 0.2) is 17.3 Å². The summed E-state index contributed by atoms with van der Waals surface area (Å²) in [7, 11) is 3.73. The SMILES string of the molecule is CC1=NOC2(CC[C@H](C)N3C[C@H]2n2cc(C(=O)NCc4ccc(F)cc4F)c(=O)c(OCc4ccccc4)c2C3=O)N1N(C)C. The van der Waals surface area contributed by atoms with Crippen molar-refractivity contribution in [1.29, 1.82) is 0 Å². The normalized spacial score (nSPS) is 22.2. The third-order valence-corrected chi connectivity index (χ3v) is 8.66. The number of amides is 2. The molecule has 3 aliphatic heterocycles. The van der Waals surface area contributed by atoms with Crippen LogP contribution in [0, 0.1) is 11.6 Å². The van der Waals surface area contributed by atoms with Gasteiger partial charge in [0, 0.05) is 57.5 Å². The molecular formula is C32H34F2N6O5. The fraction of sp³-hybridized carbons (Fsp3) is 0.375. The summed E-state index contributed by atoms with van der Waals surface area (Å²) in [5.74, 6) is -2.44. The molecule has 13 heteroatoms. The lowest BCUT2D eigenvalue weighted by molar-refractivity contribution is -0.191. The van der Waals surface area contributed by atoms with Gasteiger partial charge in [0.2, 0.25) is 11.2 Å². The molecule has 6 rings (SSSR count). The fourth-order valence-corrected chi connectivity index (χ4v) is 6.47. The molecule has 0 saturated carbocycles. The molecule has 1 aromatic heterocycles. The molecule has 4 heterocycles. The minimum atomic E-state index is -1.08. The number of nitrogens with one attached hydrogen (secondary N) is 1. The molecule has 3 atom stereocenters. The molecule has 2 amide bonds. The summed E-state index contributed by atoms with van der Waals surface area (Å²) in [4.78, 5) is 49.7. The second-order valence-electron chi connectivity index (χ2n) is 11.7. The minimum Gasteiger partial charge on any atom is -0.483 e. The second-order valence-corrected chi connectivity index (χ2v) is 11.7. The summed E-state index contributed by atoms with van der Waals surface area (Å²) >= 11 is 0. The monoisotopic (exact) mass is 620 g/mol. The first-order chi connectivity index (χ1) is 21.5. The van der Waals surface area contributed by atoms with E-state index in [1.165, 1.54) is 12.3 Å². The van der Waals surface area contributed by atoms with Crippen LogP contribution in [0.5, 0.6) is 5.75 Å². The van der Waals surface area contributed by atoms with Gasteiger partial charge >= 0.3 is 0 Å². The van der Waals surface area contributed by atoms with E-state index in [-0.39, 0.29) is 48.3 Å². The number of hydrazine groups is 1. The van der Waals surface area contributed by atoms with Crippen molar-refractivity contribution >= 4 is 17.6 Å². The van der Waals surface area contributed by atoms with Crippen LogP contribution in [0.15, 0.2) is 64.7 Å². The summed E-state index contributed by atoms with van der Waals surface area (Å²) in [6.07, 6.45) is 2.43. The van der Waals surface area contributed by atoms with E-state index < -0.39 is 40.6 Å². The van der Waals surface area contributed by atoms with E-state index >= 15 is 0 Å². The van der Waals surface area contributed by atoms with Crippen molar-refractivity contribution in [3.05, 3.63) is 99.0 Å². The van der Waals surface area contributed by atoms with E-state index in [1.807, 2.05) is 68.3 Å². The molecule has 1 N–H and O–H groups in total. The van der Waals surface area contributed by atoms with Gasteiger partial charge in [0.25, 0.3) is 11.8 Å². The average molecular weight is 621 g/mol. The van der Waals surface area contributed by atoms with Crippen LogP contribution in [-0.2, 0) is 18.0 Å². The number of halogens is 2. The van der Waals surface area contributed by atoms with Gasteiger partial charge in [0.05, 0.1) is 0 Å². The van der Waals surface area contributed by atoms with Crippen LogP contribution in [0.3, 0.4) is 0 Å². The number of carbonyl (C=O) groups excluding carboxylic acids is 2. The first kappa shape index (κ1) is 30.3. The molecule has 1 fully saturated rings. The lowest BCUT2D eigenvalue weighted by Crippen LogP contribution is -2.61. The molecule has 11 nitrogen and oxygen atoms in total. The molecule has 236 valence electrons. The Hall–Kier alpha value is -4.78. The standard InChI is InChI=1S/C32H34F2N6O5/c1-19-12-13-32(40(37(3)4)20(2)36-45-32)26-17-38(19)31(43)27-29(44-18-21-8-6-5-7-9-21)28(41)24(16-39(26)27)30(42)35-15-22-10-11-23(33)14-25(22)34/h5-11,14,16,19,26H,12-13,15,17-18H2,1-4H3,(H,35,42)/t19-,26+,32?/m0/s1. The Bertz CT molecular complexity index is 1750. The van der Waals surface area contributed by atoms with Gasteiger partial charge in [0.1, 0.15) is 29.8 Å². The quantitative estimate of drug-likeness (QED) is 0.430. The van der Waals surface area contributed by atoms with Crippen molar-refractivity contribution in [2.24, 2.45) is 5.16 Å². The number of fused-ring (bicyclic) bond motifs is 5. The number of rotatable bonds is 7. The highest BCUT2D eigenvalue weighted by atomic mass is 19.1. The van der Waals surface area contributed by atoms with E-state index in [1.54, 1.807) is 9.47 Å². The van der Waals surface area contributed by atoms with Crippen LogP contribution >= 0.6 is 0 Å². The van der Waals surface area contributed by atoms with Crippen molar-refractivity contribution in [2.75, 3.05) is 20.6 Å².